The lowest BCUT2D eigenvalue weighted by atomic mass is 10.3. The molecule has 0 bridgehead atoms. The summed E-state index contributed by atoms with van der Waals surface area (Å²) in [7, 11) is 0. The van der Waals surface area contributed by atoms with Gasteiger partial charge in [0.15, 0.2) is 0 Å². The molecule has 0 aliphatic rings. The normalized spacial score (nSPS) is 10.9. The molecule has 0 aliphatic carbocycles. The first-order valence-corrected chi connectivity index (χ1v) is 2.82. The molecule has 0 rings (SSSR count). The standard InChI is InChI=1S/C7H11NO/c1-3-5-7(8-9)6-4-2/h3-6,9H,1-2H3. The molecule has 0 fully saturated rings. The Bertz CT molecular complexity index is 131. The Balaban J connectivity index is 4.01. The first kappa shape index (κ1) is 7.95. The minimum Gasteiger partial charge on any atom is -0.410 e. The van der Waals surface area contributed by atoms with Crippen molar-refractivity contribution >= 4 is 5.71 Å². The number of rotatable bonds is 2. The van der Waals surface area contributed by atoms with Crippen molar-refractivity contribution in [3.8, 4) is 0 Å². The van der Waals surface area contributed by atoms with E-state index in [9.17, 15) is 0 Å². The van der Waals surface area contributed by atoms with Crippen LogP contribution in [0, 0.1) is 0 Å². The van der Waals surface area contributed by atoms with Crippen molar-refractivity contribution in [2.45, 2.75) is 13.8 Å². The van der Waals surface area contributed by atoms with Gasteiger partial charge in [0.1, 0.15) is 5.71 Å². The van der Waals surface area contributed by atoms with Gasteiger partial charge in [-0.15, -0.1) is 0 Å². The summed E-state index contributed by atoms with van der Waals surface area (Å²) in [5, 5.41) is 11.3. The molecular weight excluding hydrogens is 114 g/mol. The van der Waals surface area contributed by atoms with Crippen molar-refractivity contribution in [3.63, 3.8) is 0 Å². The summed E-state index contributed by atoms with van der Waals surface area (Å²) < 4.78 is 0. The highest BCUT2D eigenvalue weighted by atomic mass is 16.4. The molecule has 1 N–H and O–H groups in total. The quantitative estimate of drug-likeness (QED) is 0.341. The second kappa shape index (κ2) is 5.09. The van der Waals surface area contributed by atoms with E-state index in [0.29, 0.717) is 5.71 Å². The van der Waals surface area contributed by atoms with Crippen molar-refractivity contribution in [3.05, 3.63) is 24.3 Å². The summed E-state index contributed by atoms with van der Waals surface area (Å²) in [6.45, 7) is 3.74. The highest BCUT2D eigenvalue weighted by molar-refractivity contribution is 6.03. The van der Waals surface area contributed by atoms with Gasteiger partial charge in [0.25, 0.3) is 0 Å². The lowest BCUT2D eigenvalue weighted by molar-refractivity contribution is 0.320. The lowest BCUT2D eigenvalue weighted by Gasteiger charge is -1.83. The van der Waals surface area contributed by atoms with Crippen LogP contribution in [0.1, 0.15) is 13.8 Å². The minimum atomic E-state index is 0.569. The van der Waals surface area contributed by atoms with E-state index in [2.05, 4.69) is 5.16 Å². The summed E-state index contributed by atoms with van der Waals surface area (Å²) in [6, 6.07) is 0. The molecule has 0 aliphatic heterocycles. The van der Waals surface area contributed by atoms with Gasteiger partial charge in [0.2, 0.25) is 0 Å². The van der Waals surface area contributed by atoms with E-state index in [1.165, 1.54) is 0 Å². The molecule has 0 saturated carbocycles. The van der Waals surface area contributed by atoms with Crippen LogP contribution in [0.3, 0.4) is 0 Å². The SMILES string of the molecule is CC=CC(C=CC)=NO. The summed E-state index contributed by atoms with van der Waals surface area (Å²) >= 11 is 0. The fraction of sp³-hybridized carbons (Fsp3) is 0.286. The van der Waals surface area contributed by atoms with E-state index in [-0.39, 0.29) is 0 Å². The molecule has 0 aromatic rings. The molecule has 0 atom stereocenters. The number of nitrogens with zero attached hydrogens (tertiary/aromatic N) is 1. The van der Waals surface area contributed by atoms with Gasteiger partial charge >= 0.3 is 0 Å². The Morgan fingerprint density at radius 2 is 1.67 bits per heavy atom. The Morgan fingerprint density at radius 3 is 1.89 bits per heavy atom. The molecule has 2 heteroatoms. The zero-order valence-corrected chi connectivity index (χ0v) is 5.70. The highest BCUT2D eigenvalue weighted by Crippen LogP contribution is 1.83. The van der Waals surface area contributed by atoms with E-state index < -0.39 is 0 Å². The van der Waals surface area contributed by atoms with Gasteiger partial charge in [-0.1, -0.05) is 17.3 Å². The third kappa shape index (κ3) is 3.53. The number of allylic oxidation sites excluding steroid dienone is 4. The van der Waals surface area contributed by atoms with Crippen molar-refractivity contribution < 1.29 is 5.21 Å². The van der Waals surface area contributed by atoms with Crippen LogP contribution in [0.2, 0.25) is 0 Å². The molecule has 0 amide bonds. The zero-order chi connectivity index (χ0) is 7.11. The third-order valence-electron chi connectivity index (χ3n) is 0.790. The molecule has 9 heavy (non-hydrogen) atoms. The average molecular weight is 125 g/mol. The van der Waals surface area contributed by atoms with Crippen LogP contribution in [-0.2, 0) is 0 Å². The number of hydrogen-bond acceptors (Lipinski definition) is 2. The summed E-state index contributed by atoms with van der Waals surface area (Å²) in [5.41, 5.74) is 0.569. The van der Waals surface area contributed by atoms with Crippen molar-refractivity contribution in [2.75, 3.05) is 0 Å². The van der Waals surface area contributed by atoms with Crippen molar-refractivity contribution in [2.24, 2.45) is 5.16 Å². The molecule has 0 saturated heterocycles. The maximum Gasteiger partial charge on any atom is 0.102 e. The Labute approximate surface area is 55.2 Å². The van der Waals surface area contributed by atoms with Gasteiger partial charge in [-0.25, -0.2) is 0 Å². The second-order valence-electron chi connectivity index (χ2n) is 1.52. The summed E-state index contributed by atoms with van der Waals surface area (Å²) in [6.07, 6.45) is 7.07. The first-order chi connectivity index (χ1) is 4.35. The van der Waals surface area contributed by atoms with Gasteiger partial charge < -0.3 is 5.21 Å². The Kier molecular flexibility index (Phi) is 4.50. The van der Waals surface area contributed by atoms with Crippen LogP contribution >= 0.6 is 0 Å². The Hall–Kier alpha value is -1.05. The third-order valence-corrected chi connectivity index (χ3v) is 0.790. The molecule has 0 aromatic carbocycles. The summed E-state index contributed by atoms with van der Waals surface area (Å²) in [5.74, 6) is 0. The van der Waals surface area contributed by atoms with Gasteiger partial charge in [0, 0.05) is 0 Å². The van der Waals surface area contributed by atoms with Crippen LogP contribution < -0.4 is 0 Å². The lowest BCUT2D eigenvalue weighted by Crippen LogP contribution is -1.84. The van der Waals surface area contributed by atoms with E-state index in [1.54, 1.807) is 12.2 Å². The molecular formula is C7H11NO. The maximum atomic E-state index is 8.27. The van der Waals surface area contributed by atoms with Crippen LogP contribution in [0.15, 0.2) is 29.5 Å². The molecule has 0 radical (unpaired) electrons. The number of hydrogen-bond donors (Lipinski definition) is 1. The predicted octanol–water partition coefficient (Wildman–Crippen LogP) is 1.97. The maximum absolute atomic E-state index is 8.27. The molecule has 2 nitrogen and oxygen atoms in total. The largest absolute Gasteiger partial charge is 0.410 e. The molecule has 0 unspecified atom stereocenters. The monoisotopic (exact) mass is 125 g/mol. The fourth-order valence-corrected chi connectivity index (χ4v) is 0.464. The highest BCUT2D eigenvalue weighted by Gasteiger charge is 1.81. The minimum absolute atomic E-state index is 0.569. The van der Waals surface area contributed by atoms with Crippen molar-refractivity contribution in [1.29, 1.82) is 0 Å². The van der Waals surface area contributed by atoms with Gasteiger partial charge in [0.05, 0.1) is 0 Å². The molecule has 0 heterocycles. The molecule has 0 spiro atoms. The second-order valence-corrected chi connectivity index (χ2v) is 1.52. The van der Waals surface area contributed by atoms with Crippen LogP contribution in [0.25, 0.3) is 0 Å². The van der Waals surface area contributed by atoms with Gasteiger partial charge in [-0.3, -0.25) is 0 Å². The smallest absolute Gasteiger partial charge is 0.102 e. The van der Waals surface area contributed by atoms with E-state index in [1.807, 2.05) is 26.0 Å². The van der Waals surface area contributed by atoms with Crippen LogP contribution in [-0.4, -0.2) is 10.9 Å². The molecule has 50 valence electrons. The topological polar surface area (TPSA) is 32.6 Å². The van der Waals surface area contributed by atoms with Crippen LogP contribution in [0.4, 0.5) is 0 Å². The number of oxime groups is 1. The summed E-state index contributed by atoms with van der Waals surface area (Å²) in [4.78, 5) is 0. The first-order valence-electron chi connectivity index (χ1n) is 2.82. The fourth-order valence-electron chi connectivity index (χ4n) is 0.464. The van der Waals surface area contributed by atoms with Crippen LogP contribution in [0.5, 0.6) is 0 Å². The van der Waals surface area contributed by atoms with Gasteiger partial charge in [-0.05, 0) is 26.0 Å². The average Bonchev–Trinajstić information content (AvgIpc) is 1.88. The zero-order valence-electron chi connectivity index (χ0n) is 5.70. The van der Waals surface area contributed by atoms with E-state index in [0.717, 1.165) is 0 Å². The Morgan fingerprint density at radius 1 is 1.22 bits per heavy atom. The molecule has 0 aromatic heterocycles. The van der Waals surface area contributed by atoms with E-state index >= 15 is 0 Å². The van der Waals surface area contributed by atoms with Crippen molar-refractivity contribution in [1.82, 2.24) is 0 Å². The predicted molar refractivity (Wildman–Crippen MR) is 38.8 cm³/mol. The van der Waals surface area contributed by atoms with E-state index in [4.69, 9.17) is 5.21 Å². The van der Waals surface area contributed by atoms with Gasteiger partial charge in [-0.2, -0.15) is 0 Å².